The van der Waals surface area contributed by atoms with Gasteiger partial charge in [-0.2, -0.15) is 11.8 Å². The van der Waals surface area contributed by atoms with Crippen LogP contribution >= 0.6 is 11.8 Å². The first-order valence-electron chi connectivity index (χ1n) is 5.77. The Hall–Kier alpha value is -0.770. The van der Waals surface area contributed by atoms with Gasteiger partial charge in [-0.25, -0.2) is 9.97 Å². The summed E-state index contributed by atoms with van der Waals surface area (Å²) in [7, 11) is 1.95. The molecule has 1 aromatic rings. The Bertz CT molecular complexity index is 442. The van der Waals surface area contributed by atoms with Crippen molar-refractivity contribution in [1.82, 2.24) is 9.97 Å². The Kier molecular flexibility index (Phi) is 2.18. The minimum Gasteiger partial charge on any atom is -0.373 e. The molecule has 1 atom stereocenters. The maximum absolute atomic E-state index is 4.75. The lowest BCUT2D eigenvalue weighted by Gasteiger charge is -2.09. The van der Waals surface area contributed by atoms with Crippen molar-refractivity contribution in [3.8, 4) is 0 Å². The standard InChI is InChI=1S/C12H17N3S/c1-12(2)4-8(12)11-14-9-6-16-5-7(9)10(13-3)15-11/h8H,4-6H2,1-3H3,(H,13,14,15). The van der Waals surface area contributed by atoms with Gasteiger partial charge in [0.15, 0.2) is 0 Å². The summed E-state index contributed by atoms with van der Waals surface area (Å²) < 4.78 is 0. The SMILES string of the molecule is CNc1nc(C2CC2(C)C)nc2c1CSC2. The number of anilines is 1. The number of nitrogens with zero attached hydrogens (tertiary/aromatic N) is 2. The van der Waals surface area contributed by atoms with Crippen LogP contribution in [0.4, 0.5) is 5.82 Å². The highest BCUT2D eigenvalue weighted by atomic mass is 32.2. The Labute approximate surface area is 100 Å². The summed E-state index contributed by atoms with van der Waals surface area (Å²) in [4.78, 5) is 9.43. The molecule has 0 amide bonds. The molecule has 0 spiro atoms. The van der Waals surface area contributed by atoms with Gasteiger partial charge in [0.05, 0.1) is 5.69 Å². The molecule has 1 aromatic heterocycles. The van der Waals surface area contributed by atoms with E-state index >= 15 is 0 Å². The molecule has 1 aliphatic heterocycles. The van der Waals surface area contributed by atoms with Crippen LogP contribution in [-0.2, 0) is 11.5 Å². The zero-order chi connectivity index (χ0) is 11.3. The van der Waals surface area contributed by atoms with Crippen molar-refractivity contribution < 1.29 is 0 Å². The predicted molar refractivity (Wildman–Crippen MR) is 67.7 cm³/mol. The van der Waals surface area contributed by atoms with Crippen LogP contribution in [0, 0.1) is 5.41 Å². The summed E-state index contributed by atoms with van der Waals surface area (Å²) in [5.41, 5.74) is 2.97. The molecule has 4 heteroatoms. The third-order valence-corrected chi connectivity index (χ3v) is 4.63. The molecule has 16 heavy (non-hydrogen) atoms. The van der Waals surface area contributed by atoms with Crippen LogP contribution in [0.2, 0.25) is 0 Å². The molecular weight excluding hydrogens is 218 g/mol. The van der Waals surface area contributed by atoms with Gasteiger partial charge in [-0.1, -0.05) is 13.8 Å². The number of rotatable bonds is 2. The Balaban J connectivity index is 2.02. The Morgan fingerprint density at radius 1 is 1.31 bits per heavy atom. The molecular formula is C12H17N3S. The van der Waals surface area contributed by atoms with Gasteiger partial charge in [-0.15, -0.1) is 0 Å². The summed E-state index contributed by atoms with van der Waals surface area (Å²) in [5.74, 6) is 4.77. The number of hydrogen-bond donors (Lipinski definition) is 1. The molecule has 1 saturated carbocycles. The van der Waals surface area contributed by atoms with E-state index in [1.54, 1.807) is 0 Å². The Morgan fingerprint density at radius 2 is 2.06 bits per heavy atom. The summed E-state index contributed by atoms with van der Waals surface area (Å²) in [6.45, 7) is 4.59. The minimum absolute atomic E-state index is 0.408. The second kappa shape index (κ2) is 3.36. The first-order chi connectivity index (χ1) is 7.62. The van der Waals surface area contributed by atoms with Crippen molar-refractivity contribution in [2.75, 3.05) is 12.4 Å². The van der Waals surface area contributed by atoms with Crippen LogP contribution in [0.15, 0.2) is 0 Å². The van der Waals surface area contributed by atoms with Crippen LogP contribution in [0.5, 0.6) is 0 Å². The Morgan fingerprint density at radius 3 is 2.69 bits per heavy atom. The van der Waals surface area contributed by atoms with Crippen LogP contribution in [0.3, 0.4) is 0 Å². The van der Waals surface area contributed by atoms with E-state index in [0.29, 0.717) is 11.3 Å². The molecule has 1 unspecified atom stereocenters. The molecule has 3 rings (SSSR count). The average molecular weight is 235 g/mol. The molecule has 2 heterocycles. The van der Waals surface area contributed by atoms with E-state index < -0.39 is 0 Å². The van der Waals surface area contributed by atoms with Crippen molar-refractivity contribution in [3.05, 3.63) is 17.1 Å². The smallest absolute Gasteiger partial charge is 0.134 e. The molecule has 1 N–H and O–H groups in total. The fourth-order valence-electron chi connectivity index (χ4n) is 2.34. The number of nitrogens with one attached hydrogen (secondary N) is 1. The van der Waals surface area contributed by atoms with Crippen LogP contribution in [-0.4, -0.2) is 17.0 Å². The minimum atomic E-state index is 0.408. The van der Waals surface area contributed by atoms with Crippen molar-refractivity contribution in [1.29, 1.82) is 0 Å². The molecule has 0 bridgehead atoms. The molecule has 0 saturated heterocycles. The number of fused-ring (bicyclic) bond motifs is 1. The maximum atomic E-state index is 4.75. The second-order valence-electron chi connectivity index (χ2n) is 5.34. The topological polar surface area (TPSA) is 37.8 Å². The largest absolute Gasteiger partial charge is 0.373 e. The molecule has 2 aliphatic rings. The summed E-state index contributed by atoms with van der Waals surface area (Å²) in [6, 6.07) is 0. The zero-order valence-electron chi connectivity index (χ0n) is 10.0. The van der Waals surface area contributed by atoms with E-state index in [0.717, 1.165) is 23.1 Å². The van der Waals surface area contributed by atoms with Gasteiger partial charge in [0.25, 0.3) is 0 Å². The fourth-order valence-corrected chi connectivity index (χ4v) is 3.38. The van der Waals surface area contributed by atoms with Crippen molar-refractivity contribution in [2.24, 2.45) is 5.41 Å². The monoisotopic (exact) mass is 235 g/mol. The van der Waals surface area contributed by atoms with Crippen molar-refractivity contribution in [2.45, 2.75) is 37.7 Å². The summed E-state index contributed by atoms with van der Waals surface area (Å²) in [5, 5.41) is 3.21. The zero-order valence-corrected chi connectivity index (χ0v) is 10.8. The van der Waals surface area contributed by atoms with Crippen LogP contribution in [0.25, 0.3) is 0 Å². The van der Waals surface area contributed by atoms with Crippen molar-refractivity contribution >= 4 is 17.6 Å². The van der Waals surface area contributed by atoms with E-state index in [1.165, 1.54) is 17.7 Å². The first kappa shape index (κ1) is 10.4. The van der Waals surface area contributed by atoms with Gasteiger partial charge in [0.1, 0.15) is 11.6 Å². The highest BCUT2D eigenvalue weighted by Gasteiger charge is 2.49. The molecule has 3 nitrogen and oxygen atoms in total. The number of aromatic nitrogens is 2. The fraction of sp³-hybridized carbons (Fsp3) is 0.667. The molecule has 1 aliphatic carbocycles. The van der Waals surface area contributed by atoms with Gasteiger partial charge < -0.3 is 5.32 Å². The lowest BCUT2D eigenvalue weighted by Crippen LogP contribution is -2.06. The number of hydrogen-bond acceptors (Lipinski definition) is 4. The second-order valence-corrected chi connectivity index (χ2v) is 6.33. The van der Waals surface area contributed by atoms with E-state index in [2.05, 4.69) is 24.1 Å². The molecule has 0 radical (unpaired) electrons. The van der Waals surface area contributed by atoms with E-state index in [1.807, 2.05) is 18.8 Å². The quantitative estimate of drug-likeness (QED) is 0.855. The van der Waals surface area contributed by atoms with E-state index in [9.17, 15) is 0 Å². The summed E-state index contributed by atoms with van der Waals surface area (Å²) in [6.07, 6.45) is 1.22. The molecule has 86 valence electrons. The van der Waals surface area contributed by atoms with Gasteiger partial charge in [-0.05, 0) is 11.8 Å². The van der Waals surface area contributed by atoms with E-state index in [-0.39, 0.29) is 0 Å². The third kappa shape index (κ3) is 1.51. The summed E-state index contributed by atoms with van der Waals surface area (Å²) >= 11 is 1.93. The van der Waals surface area contributed by atoms with Gasteiger partial charge in [0.2, 0.25) is 0 Å². The highest BCUT2D eigenvalue weighted by molar-refractivity contribution is 7.98. The van der Waals surface area contributed by atoms with Crippen LogP contribution in [0.1, 0.15) is 43.3 Å². The van der Waals surface area contributed by atoms with Crippen LogP contribution < -0.4 is 5.32 Å². The van der Waals surface area contributed by atoms with Crippen molar-refractivity contribution in [3.63, 3.8) is 0 Å². The number of thioether (sulfide) groups is 1. The predicted octanol–water partition coefficient (Wildman–Crippen LogP) is 2.78. The van der Waals surface area contributed by atoms with Gasteiger partial charge in [-0.3, -0.25) is 0 Å². The highest BCUT2D eigenvalue weighted by Crippen LogP contribution is 2.58. The molecule has 0 aromatic carbocycles. The third-order valence-electron chi connectivity index (χ3n) is 3.66. The van der Waals surface area contributed by atoms with E-state index in [4.69, 9.17) is 4.98 Å². The van der Waals surface area contributed by atoms with Gasteiger partial charge in [0, 0.05) is 30.0 Å². The average Bonchev–Trinajstić information content (AvgIpc) is 2.71. The lowest BCUT2D eigenvalue weighted by atomic mass is 10.1. The lowest BCUT2D eigenvalue weighted by molar-refractivity contribution is 0.607. The normalized spacial score (nSPS) is 25.3. The molecule has 1 fully saturated rings. The maximum Gasteiger partial charge on any atom is 0.134 e. The first-order valence-corrected chi connectivity index (χ1v) is 6.92. The van der Waals surface area contributed by atoms with Gasteiger partial charge >= 0.3 is 0 Å².